The van der Waals surface area contributed by atoms with Crippen LogP contribution in [0.3, 0.4) is 0 Å². The Labute approximate surface area is 340 Å². The summed E-state index contributed by atoms with van der Waals surface area (Å²) in [4.78, 5) is 48.8. The van der Waals surface area contributed by atoms with E-state index >= 15 is 0 Å². The molecule has 0 rings (SSSR count). The van der Waals surface area contributed by atoms with Crippen LogP contribution in [0.4, 0.5) is 0 Å². The minimum Gasteiger partial charge on any atom is -0.481 e. The van der Waals surface area contributed by atoms with Crippen molar-refractivity contribution in [3.63, 3.8) is 0 Å². The highest BCUT2D eigenvalue weighted by Crippen LogP contribution is 2.53. The third kappa shape index (κ3) is 21.6. The Bertz CT molecular complexity index is 1120. The van der Waals surface area contributed by atoms with Crippen molar-refractivity contribution in [3.05, 3.63) is 12.7 Å². The first-order chi connectivity index (χ1) is 26.3. The van der Waals surface area contributed by atoms with Crippen molar-refractivity contribution >= 4 is 29.8 Å². The number of ether oxygens (including phenoxy) is 2. The van der Waals surface area contributed by atoms with E-state index in [-0.39, 0.29) is 38.9 Å². The van der Waals surface area contributed by atoms with Crippen molar-refractivity contribution in [2.24, 2.45) is 16.2 Å². The molecule has 0 aliphatic carbocycles. The number of unbranched alkanes of at least 4 members (excludes halogenated alkanes) is 2. The van der Waals surface area contributed by atoms with E-state index in [2.05, 4.69) is 6.58 Å². The van der Waals surface area contributed by atoms with Gasteiger partial charge in [-0.15, -0.1) is 0 Å². The van der Waals surface area contributed by atoms with Gasteiger partial charge in [-0.3, -0.25) is 19.2 Å². The van der Waals surface area contributed by atoms with Gasteiger partial charge >= 0.3 is 29.8 Å². The minimum absolute atomic E-state index is 0.0628. The van der Waals surface area contributed by atoms with Crippen molar-refractivity contribution in [1.29, 1.82) is 0 Å². The van der Waals surface area contributed by atoms with Gasteiger partial charge in [-0.05, 0) is 81.1 Å². The van der Waals surface area contributed by atoms with E-state index in [1.54, 1.807) is 27.7 Å². The number of aliphatic hydroxyl groups is 8. The van der Waals surface area contributed by atoms with Crippen molar-refractivity contribution < 1.29 is 99.8 Å². The zero-order valence-corrected chi connectivity index (χ0v) is 35.3. The molecule has 0 amide bonds. The van der Waals surface area contributed by atoms with Crippen LogP contribution < -0.4 is 0 Å². The first kappa shape index (κ1) is 61.4. The number of carbonyl (C=O) groups is 5. The lowest BCUT2D eigenvalue weighted by molar-refractivity contribution is -0.318. The van der Waals surface area contributed by atoms with Crippen LogP contribution in [0.2, 0.25) is 0 Å². The standard InChI is InChI=1S/C23H48O10.2C6H10O4.C3H4O2/c1-17(2,30)23(14-29,18(3,4)31)20(7,8)33-19(5,6)22(12-27,13-28)16-32-15-21(9-24,10-25)11-26;2*7-5(8)3-1-2-4-6(9)10;1-2-3(4)5/h24-31H,9-16H2,1-8H3;2*1-4H2,(H,7,8)(H,9,10);2H,1H2,(H,4,5). The Morgan fingerprint density at radius 2 is 0.793 bits per heavy atom. The van der Waals surface area contributed by atoms with E-state index in [9.17, 15) is 64.8 Å². The quantitative estimate of drug-likeness (QED) is 0.0400. The van der Waals surface area contributed by atoms with E-state index in [4.69, 9.17) is 35.0 Å². The van der Waals surface area contributed by atoms with Crippen LogP contribution in [0.25, 0.3) is 0 Å². The van der Waals surface area contributed by atoms with Crippen LogP contribution in [0, 0.1) is 16.2 Å². The molecule has 0 aromatic carbocycles. The maximum Gasteiger partial charge on any atom is 0.327 e. The normalized spacial score (nSPS) is 12.4. The first-order valence-corrected chi connectivity index (χ1v) is 18.4. The Kier molecular flexibility index (Phi) is 29.8. The van der Waals surface area contributed by atoms with Gasteiger partial charge in [0.1, 0.15) is 0 Å². The highest BCUT2D eigenvalue weighted by atomic mass is 16.5. The molecule has 0 aliphatic rings. The number of carboxylic acids is 5. The largest absolute Gasteiger partial charge is 0.481 e. The molecule has 0 aromatic heterocycles. The molecule has 0 fully saturated rings. The average molecular weight is 849 g/mol. The number of hydrogen-bond acceptors (Lipinski definition) is 15. The lowest BCUT2D eigenvalue weighted by Gasteiger charge is -2.61. The molecule has 0 saturated carbocycles. The van der Waals surface area contributed by atoms with Crippen molar-refractivity contribution in [2.75, 3.05) is 52.9 Å². The summed E-state index contributed by atoms with van der Waals surface area (Å²) in [5, 5.41) is 122. The topological polar surface area (TPSA) is 367 Å². The molecular formula is C38H72O20. The van der Waals surface area contributed by atoms with Gasteiger partial charge in [0.2, 0.25) is 0 Å². The van der Waals surface area contributed by atoms with Crippen LogP contribution in [-0.4, -0.2) is 171 Å². The summed E-state index contributed by atoms with van der Waals surface area (Å²) < 4.78 is 12.1. The molecule has 0 aromatic rings. The molecule has 0 unspecified atom stereocenters. The van der Waals surface area contributed by atoms with E-state index in [1.165, 1.54) is 27.7 Å². The summed E-state index contributed by atoms with van der Waals surface area (Å²) in [5.74, 6) is -4.46. The zero-order chi connectivity index (χ0) is 46.8. The molecule has 20 nitrogen and oxygen atoms in total. The molecule has 58 heavy (non-hydrogen) atoms. The molecule has 20 heteroatoms. The number of aliphatic carboxylic acids is 5. The van der Waals surface area contributed by atoms with Gasteiger partial charge in [0, 0.05) is 31.8 Å². The van der Waals surface area contributed by atoms with E-state index in [0.717, 1.165) is 6.08 Å². The predicted molar refractivity (Wildman–Crippen MR) is 208 cm³/mol. The summed E-state index contributed by atoms with van der Waals surface area (Å²) in [6, 6.07) is 0. The van der Waals surface area contributed by atoms with Crippen LogP contribution in [-0.2, 0) is 33.4 Å². The van der Waals surface area contributed by atoms with Crippen LogP contribution in [0.15, 0.2) is 12.7 Å². The first-order valence-electron chi connectivity index (χ1n) is 18.4. The minimum atomic E-state index is -1.61. The molecule has 0 saturated heterocycles. The second-order valence-electron chi connectivity index (χ2n) is 15.9. The molecule has 0 radical (unpaired) electrons. The number of aliphatic hydroxyl groups excluding tert-OH is 6. The molecule has 344 valence electrons. The van der Waals surface area contributed by atoms with Gasteiger partial charge in [-0.25, -0.2) is 4.79 Å². The molecule has 0 aliphatic heterocycles. The van der Waals surface area contributed by atoms with Crippen LogP contribution in [0.5, 0.6) is 0 Å². The number of carboxylic acid groups (broad SMARTS) is 5. The zero-order valence-electron chi connectivity index (χ0n) is 35.3. The summed E-state index contributed by atoms with van der Waals surface area (Å²) in [7, 11) is 0. The Hall–Kier alpha value is -3.31. The van der Waals surface area contributed by atoms with E-state index < -0.39 is 108 Å². The fraction of sp³-hybridized carbons (Fsp3) is 0.816. The molecule has 13 N–H and O–H groups in total. The highest BCUT2D eigenvalue weighted by Gasteiger charge is 2.65. The summed E-state index contributed by atoms with van der Waals surface area (Å²) in [5.41, 5.74) is -10.3. The average Bonchev–Trinajstić information content (AvgIpc) is 3.08. The second kappa shape index (κ2) is 28.2. The Morgan fingerprint density at radius 1 is 0.500 bits per heavy atom. The van der Waals surface area contributed by atoms with Gasteiger partial charge in [-0.2, -0.15) is 0 Å². The van der Waals surface area contributed by atoms with Crippen molar-refractivity contribution in [1.82, 2.24) is 0 Å². The summed E-state index contributed by atoms with van der Waals surface area (Å²) >= 11 is 0. The SMILES string of the molecule is C=CC(=O)O.CC(C)(O)C(CO)(C(C)(C)O)C(C)(C)OC(C)(C)C(CO)(CO)COCC(CO)(CO)CO.O=C(O)CCCCC(=O)O.O=C(O)CCCCC(=O)O. The molecule has 0 spiro atoms. The lowest BCUT2D eigenvalue weighted by Crippen LogP contribution is -2.72. The third-order valence-corrected chi connectivity index (χ3v) is 9.78. The van der Waals surface area contributed by atoms with E-state index in [1.807, 2.05) is 0 Å². The molecule has 0 heterocycles. The second-order valence-corrected chi connectivity index (χ2v) is 15.9. The van der Waals surface area contributed by atoms with E-state index in [0.29, 0.717) is 25.7 Å². The van der Waals surface area contributed by atoms with Gasteiger partial charge in [-0.1, -0.05) is 6.58 Å². The monoisotopic (exact) mass is 848 g/mol. The smallest absolute Gasteiger partial charge is 0.327 e. The van der Waals surface area contributed by atoms with Crippen molar-refractivity contribution in [2.45, 2.75) is 129 Å². The third-order valence-electron chi connectivity index (χ3n) is 9.78. The fourth-order valence-electron chi connectivity index (χ4n) is 6.18. The van der Waals surface area contributed by atoms with Gasteiger partial charge in [0.15, 0.2) is 0 Å². The predicted octanol–water partition coefficient (Wildman–Crippen LogP) is 0.721. The Balaban J connectivity index is -0.000000467. The maximum atomic E-state index is 11.0. The van der Waals surface area contributed by atoms with Gasteiger partial charge < -0.3 is 75.9 Å². The molecular weight excluding hydrogens is 776 g/mol. The number of rotatable bonds is 27. The Morgan fingerprint density at radius 3 is 0.983 bits per heavy atom. The summed E-state index contributed by atoms with van der Waals surface area (Å²) in [6.07, 6.45) is 2.87. The van der Waals surface area contributed by atoms with Crippen LogP contribution >= 0.6 is 0 Å². The maximum absolute atomic E-state index is 11.0. The fourth-order valence-corrected chi connectivity index (χ4v) is 6.18. The molecule has 0 bridgehead atoms. The van der Waals surface area contributed by atoms with Crippen molar-refractivity contribution in [3.8, 4) is 0 Å². The van der Waals surface area contributed by atoms with Gasteiger partial charge in [0.05, 0.1) is 91.5 Å². The lowest BCUT2D eigenvalue weighted by atomic mass is 9.55. The van der Waals surface area contributed by atoms with Crippen LogP contribution in [0.1, 0.15) is 107 Å². The number of hydrogen-bond donors (Lipinski definition) is 13. The summed E-state index contributed by atoms with van der Waals surface area (Å²) in [6.45, 7) is 11.4. The van der Waals surface area contributed by atoms with Gasteiger partial charge in [0.25, 0.3) is 0 Å². The highest BCUT2D eigenvalue weighted by molar-refractivity contribution is 5.78. The molecule has 0 atom stereocenters.